The van der Waals surface area contributed by atoms with Gasteiger partial charge >= 0.3 is 0 Å². The zero-order chi connectivity index (χ0) is 26.2. The van der Waals surface area contributed by atoms with Crippen LogP contribution < -0.4 is 32.9 Å². The summed E-state index contributed by atoms with van der Waals surface area (Å²) in [6.45, 7) is 0. The summed E-state index contributed by atoms with van der Waals surface area (Å²) in [6.07, 6.45) is 7.83. The average molecular weight is 658 g/mol. The molecule has 0 radical (unpaired) electrons. The minimum atomic E-state index is -2.02. The summed E-state index contributed by atoms with van der Waals surface area (Å²) >= 11 is 3.39. The lowest BCUT2D eigenvalue weighted by Gasteiger charge is -2.26. The van der Waals surface area contributed by atoms with Gasteiger partial charge in [-0.1, -0.05) is 82.7 Å². The van der Waals surface area contributed by atoms with Gasteiger partial charge in [-0.3, -0.25) is 4.79 Å². The largest absolute Gasteiger partial charge is 1.00 e. The topological polar surface area (TPSA) is 30.2 Å². The van der Waals surface area contributed by atoms with Crippen LogP contribution in [0.3, 0.4) is 0 Å². The Hall–Kier alpha value is -3.30. The van der Waals surface area contributed by atoms with Crippen LogP contribution in [0.15, 0.2) is 155 Å². The molecule has 1 heterocycles. The summed E-state index contributed by atoms with van der Waals surface area (Å²) in [5, 5.41) is 3.96. The van der Waals surface area contributed by atoms with Crippen molar-refractivity contribution in [2.75, 3.05) is 0 Å². The number of hydrogen-bond acceptors (Lipinski definition) is 2. The first-order valence-corrected chi connectivity index (χ1v) is 15.2. The molecule has 5 heteroatoms. The fourth-order valence-electron chi connectivity index (χ4n) is 4.58. The van der Waals surface area contributed by atoms with E-state index in [4.69, 9.17) is 4.42 Å². The van der Waals surface area contributed by atoms with Gasteiger partial charge in [-0.15, -0.1) is 0 Å². The molecule has 0 spiro atoms. The number of allylic oxidation sites excluding steroid dienone is 3. The van der Waals surface area contributed by atoms with Crippen LogP contribution in [0.5, 0.6) is 0 Å². The summed E-state index contributed by atoms with van der Waals surface area (Å²) < 4.78 is 7.27. The van der Waals surface area contributed by atoms with E-state index in [1.807, 2.05) is 30.4 Å². The Labute approximate surface area is 249 Å². The van der Waals surface area contributed by atoms with E-state index in [1.54, 1.807) is 24.3 Å². The van der Waals surface area contributed by atoms with Crippen LogP contribution in [0.1, 0.15) is 21.9 Å². The first-order chi connectivity index (χ1) is 18.6. The third-order valence-corrected chi connectivity index (χ3v) is 11.3. The van der Waals surface area contributed by atoms with Crippen LogP contribution in [0.25, 0.3) is 6.08 Å². The van der Waals surface area contributed by atoms with Crippen LogP contribution in [-0.2, 0) is 6.16 Å². The predicted octanol–water partition coefficient (Wildman–Crippen LogP) is 4.99. The Morgan fingerprint density at radius 2 is 1.18 bits per heavy atom. The SMILES string of the molecule is O=C(/C=C/C=C\c1ccc(C[P+](c2ccccc2)(c2ccccc2)c2ccccc2)o1)c1ccc(Br)cc1.[Br-]. The van der Waals surface area contributed by atoms with Gasteiger partial charge in [0.05, 0.1) is 0 Å². The molecule has 0 unspecified atom stereocenters. The number of carbonyl (C=O) groups is 1. The van der Waals surface area contributed by atoms with Gasteiger partial charge in [-0.25, -0.2) is 0 Å². The van der Waals surface area contributed by atoms with Crippen molar-refractivity contribution < 1.29 is 26.2 Å². The minimum absolute atomic E-state index is 0. The molecule has 194 valence electrons. The normalized spacial score (nSPS) is 11.5. The van der Waals surface area contributed by atoms with Crippen LogP contribution in [-0.4, -0.2) is 5.78 Å². The maximum absolute atomic E-state index is 12.4. The van der Waals surface area contributed by atoms with Crippen molar-refractivity contribution in [3.05, 3.63) is 167 Å². The van der Waals surface area contributed by atoms with Gasteiger partial charge in [0.15, 0.2) is 5.78 Å². The highest BCUT2D eigenvalue weighted by Gasteiger charge is 2.46. The first-order valence-electron chi connectivity index (χ1n) is 12.4. The Morgan fingerprint density at radius 1 is 0.667 bits per heavy atom. The Morgan fingerprint density at radius 3 is 1.69 bits per heavy atom. The molecule has 0 N–H and O–H groups in total. The maximum Gasteiger partial charge on any atom is 0.185 e. The number of carbonyl (C=O) groups excluding carboxylic acids is 1. The fourth-order valence-corrected chi connectivity index (χ4v) is 8.96. The van der Waals surface area contributed by atoms with E-state index in [2.05, 4.69) is 113 Å². The predicted molar refractivity (Wildman–Crippen MR) is 164 cm³/mol. The molecule has 2 nitrogen and oxygen atoms in total. The number of hydrogen-bond donors (Lipinski definition) is 0. The summed E-state index contributed by atoms with van der Waals surface area (Å²) in [5.41, 5.74) is 0.654. The second-order valence-corrected chi connectivity index (χ2v) is 13.3. The monoisotopic (exact) mass is 656 g/mol. The maximum atomic E-state index is 12.4. The molecule has 5 rings (SSSR count). The average Bonchev–Trinajstić information content (AvgIpc) is 3.43. The third-order valence-electron chi connectivity index (χ3n) is 6.41. The molecule has 0 atom stereocenters. The summed E-state index contributed by atoms with van der Waals surface area (Å²) in [5.74, 6) is 1.66. The Balaban J connectivity index is 0.00000353. The summed E-state index contributed by atoms with van der Waals surface area (Å²) in [7, 11) is -2.02. The van der Waals surface area contributed by atoms with Gasteiger partial charge in [0.1, 0.15) is 40.9 Å². The highest BCUT2D eigenvalue weighted by atomic mass is 79.9. The summed E-state index contributed by atoms with van der Waals surface area (Å²) in [6, 6.07) is 43.8. The molecular weight excluding hydrogens is 631 g/mol. The zero-order valence-corrected chi connectivity index (χ0v) is 25.2. The van der Waals surface area contributed by atoms with Gasteiger partial charge in [0.25, 0.3) is 0 Å². The standard InChI is InChI=1S/C34H27BrO2P.BrH/c35-28-22-20-27(21-23-28)34(36)19-11-10-12-29-24-25-30(37-29)26-38(31-13-4-1-5-14-31,32-15-6-2-7-16-32)33-17-8-3-9-18-33;/h1-25H,26H2;1H/q+1;/p-1/b12-10-,19-11+;. The molecule has 0 aliphatic carbocycles. The van der Waals surface area contributed by atoms with E-state index in [0.29, 0.717) is 5.56 Å². The molecule has 0 fully saturated rings. The first kappa shape index (κ1) is 28.7. The van der Waals surface area contributed by atoms with Crippen molar-refractivity contribution in [1.29, 1.82) is 0 Å². The van der Waals surface area contributed by atoms with E-state index in [1.165, 1.54) is 15.9 Å². The number of furan rings is 1. The van der Waals surface area contributed by atoms with Crippen molar-refractivity contribution in [2.24, 2.45) is 0 Å². The molecular formula is C34H27Br2O2P. The molecule has 0 saturated heterocycles. The second-order valence-electron chi connectivity index (χ2n) is 8.87. The van der Waals surface area contributed by atoms with Crippen molar-refractivity contribution in [3.63, 3.8) is 0 Å². The van der Waals surface area contributed by atoms with Gasteiger partial charge < -0.3 is 21.4 Å². The molecule has 1 aromatic heterocycles. The van der Waals surface area contributed by atoms with Gasteiger partial charge in [0, 0.05) is 10.0 Å². The van der Waals surface area contributed by atoms with Crippen LogP contribution in [0.4, 0.5) is 0 Å². The number of rotatable bonds is 9. The zero-order valence-electron chi connectivity index (χ0n) is 21.2. The Bertz CT molecular complexity index is 1450. The molecule has 0 bridgehead atoms. The molecule has 39 heavy (non-hydrogen) atoms. The lowest BCUT2D eigenvalue weighted by atomic mass is 10.1. The molecule has 0 aliphatic heterocycles. The molecule has 0 aliphatic rings. The number of ketones is 1. The lowest BCUT2D eigenvalue weighted by Crippen LogP contribution is -3.00. The van der Waals surface area contributed by atoms with Crippen LogP contribution >= 0.6 is 23.2 Å². The third kappa shape index (κ3) is 6.83. The number of benzene rings is 4. The number of halogens is 2. The van der Waals surface area contributed by atoms with E-state index in [0.717, 1.165) is 22.2 Å². The van der Waals surface area contributed by atoms with Crippen molar-refractivity contribution in [2.45, 2.75) is 6.16 Å². The van der Waals surface area contributed by atoms with Gasteiger partial charge in [-0.2, -0.15) is 0 Å². The second kappa shape index (κ2) is 13.7. The fraction of sp³-hybridized carbons (Fsp3) is 0.0294. The van der Waals surface area contributed by atoms with Crippen molar-refractivity contribution in [1.82, 2.24) is 0 Å². The van der Waals surface area contributed by atoms with E-state index < -0.39 is 7.26 Å². The van der Waals surface area contributed by atoms with Crippen molar-refractivity contribution >= 4 is 51.0 Å². The van der Waals surface area contributed by atoms with Gasteiger partial charge in [-0.05, 0) is 84.9 Å². The van der Waals surface area contributed by atoms with Crippen molar-refractivity contribution in [3.8, 4) is 0 Å². The van der Waals surface area contributed by atoms with Crippen LogP contribution in [0, 0.1) is 0 Å². The molecule has 0 saturated carbocycles. The van der Waals surface area contributed by atoms with Gasteiger partial charge in [0.2, 0.25) is 0 Å². The molecule has 4 aromatic carbocycles. The molecule has 5 aromatic rings. The summed E-state index contributed by atoms with van der Waals surface area (Å²) in [4.78, 5) is 12.4. The lowest BCUT2D eigenvalue weighted by molar-refractivity contribution is -0.0000151. The minimum Gasteiger partial charge on any atom is -1.00 e. The smallest absolute Gasteiger partial charge is 0.185 e. The highest BCUT2D eigenvalue weighted by Crippen LogP contribution is 2.58. The van der Waals surface area contributed by atoms with E-state index in [9.17, 15) is 4.79 Å². The van der Waals surface area contributed by atoms with E-state index in [-0.39, 0.29) is 22.8 Å². The molecule has 0 amide bonds. The highest BCUT2D eigenvalue weighted by molar-refractivity contribution is 9.10. The van der Waals surface area contributed by atoms with Crippen LogP contribution in [0.2, 0.25) is 0 Å². The quantitative estimate of drug-likeness (QED) is 0.0968. The Kier molecular flexibility index (Phi) is 10.1. The van der Waals surface area contributed by atoms with E-state index >= 15 is 0 Å².